The Hall–Kier alpha value is -1.07. The van der Waals surface area contributed by atoms with Gasteiger partial charge in [0.05, 0.1) is 12.2 Å². The van der Waals surface area contributed by atoms with Crippen LogP contribution >= 0.6 is 0 Å². The largest absolute Gasteiger partial charge is 0.369 e. The van der Waals surface area contributed by atoms with Gasteiger partial charge in [-0.25, -0.2) is 4.68 Å². The van der Waals surface area contributed by atoms with Gasteiger partial charge in [-0.3, -0.25) is 0 Å². The van der Waals surface area contributed by atoms with Gasteiger partial charge in [0.2, 0.25) is 0 Å². The Morgan fingerprint density at radius 3 is 2.82 bits per heavy atom. The number of anilines is 1. The lowest BCUT2D eigenvalue weighted by molar-refractivity contribution is 0.316. The molecule has 96 valence electrons. The Labute approximate surface area is 103 Å². The highest BCUT2D eigenvalue weighted by molar-refractivity contribution is 5.35. The van der Waals surface area contributed by atoms with Crippen molar-refractivity contribution in [2.24, 2.45) is 11.1 Å². The SMILES string of the molecule is CC(C)(C)[C@H](N)CNc1ccnn1C1CNC1. The topological polar surface area (TPSA) is 67.9 Å². The van der Waals surface area contributed by atoms with Crippen molar-refractivity contribution in [1.29, 1.82) is 0 Å². The minimum atomic E-state index is 0.121. The van der Waals surface area contributed by atoms with Crippen molar-refractivity contribution in [2.45, 2.75) is 32.9 Å². The zero-order valence-electron chi connectivity index (χ0n) is 10.9. The molecule has 1 saturated heterocycles. The van der Waals surface area contributed by atoms with E-state index in [0.29, 0.717) is 6.04 Å². The average molecular weight is 237 g/mol. The van der Waals surface area contributed by atoms with Gasteiger partial charge in [-0.05, 0) is 5.41 Å². The second kappa shape index (κ2) is 4.66. The molecular formula is C12H23N5. The third-order valence-electron chi connectivity index (χ3n) is 3.39. The molecule has 0 amide bonds. The smallest absolute Gasteiger partial charge is 0.124 e. The van der Waals surface area contributed by atoms with Gasteiger partial charge < -0.3 is 16.4 Å². The summed E-state index contributed by atoms with van der Waals surface area (Å²) >= 11 is 0. The Balaban J connectivity index is 1.93. The fraction of sp³-hybridized carbons (Fsp3) is 0.750. The van der Waals surface area contributed by atoms with Gasteiger partial charge in [-0.15, -0.1) is 0 Å². The summed E-state index contributed by atoms with van der Waals surface area (Å²) in [7, 11) is 0. The monoisotopic (exact) mass is 237 g/mol. The summed E-state index contributed by atoms with van der Waals surface area (Å²) in [5, 5.41) is 11.0. The van der Waals surface area contributed by atoms with Crippen LogP contribution in [-0.2, 0) is 0 Å². The molecule has 1 aromatic rings. The fourth-order valence-electron chi connectivity index (χ4n) is 1.71. The lowest BCUT2D eigenvalue weighted by atomic mass is 9.87. The Kier molecular flexibility index (Phi) is 3.40. The molecule has 1 aliphatic rings. The van der Waals surface area contributed by atoms with Gasteiger partial charge in [0.1, 0.15) is 5.82 Å². The normalized spacial score (nSPS) is 18.8. The number of nitrogens with zero attached hydrogens (tertiary/aromatic N) is 2. The van der Waals surface area contributed by atoms with Crippen molar-refractivity contribution in [3.8, 4) is 0 Å². The number of nitrogens with one attached hydrogen (secondary N) is 2. The molecule has 0 spiro atoms. The number of aromatic nitrogens is 2. The molecule has 0 radical (unpaired) electrons. The van der Waals surface area contributed by atoms with Crippen LogP contribution in [0.1, 0.15) is 26.8 Å². The standard InChI is InChI=1S/C12H23N5/c1-12(2,3)10(13)8-15-11-4-5-16-17(11)9-6-14-7-9/h4-5,9-10,14-15H,6-8,13H2,1-3H3/t10-/m1/s1. The molecule has 1 aromatic heterocycles. The molecule has 0 unspecified atom stereocenters. The van der Waals surface area contributed by atoms with E-state index in [1.165, 1.54) is 0 Å². The molecule has 5 nitrogen and oxygen atoms in total. The van der Waals surface area contributed by atoms with Gasteiger partial charge >= 0.3 is 0 Å². The Bertz CT molecular complexity index is 361. The Morgan fingerprint density at radius 2 is 2.29 bits per heavy atom. The zero-order chi connectivity index (χ0) is 12.5. The summed E-state index contributed by atoms with van der Waals surface area (Å²) < 4.78 is 2.05. The van der Waals surface area contributed by atoms with Crippen LogP contribution in [0.25, 0.3) is 0 Å². The molecular weight excluding hydrogens is 214 g/mol. The predicted molar refractivity (Wildman–Crippen MR) is 70.1 cm³/mol. The molecule has 4 N–H and O–H groups in total. The maximum absolute atomic E-state index is 6.14. The van der Waals surface area contributed by atoms with Crippen LogP contribution in [0, 0.1) is 5.41 Å². The van der Waals surface area contributed by atoms with E-state index < -0.39 is 0 Å². The summed E-state index contributed by atoms with van der Waals surface area (Å²) in [6.07, 6.45) is 1.84. The van der Waals surface area contributed by atoms with Crippen LogP contribution in [0.5, 0.6) is 0 Å². The lowest BCUT2D eigenvalue weighted by Gasteiger charge is -2.30. The van der Waals surface area contributed by atoms with Crippen molar-refractivity contribution in [3.63, 3.8) is 0 Å². The van der Waals surface area contributed by atoms with Gasteiger partial charge in [0.25, 0.3) is 0 Å². The van der Waals surface area contributed by atoms with E-state index in [4.69, 9.17) is 5.73 Å². The van der Waals surface area contributed by atoms with Gasteiger partial charge in [-0.2, -0.15) is 5.10 Å². The van der Waals surface area contributed by atoms with E-state index in [-0.39, 0.29) is 11.5 Å². The maximum Gasteiger partial charge on any atom is 0.124 e. The minimum absolute atomic E-state index is 0.121. The maximum atomic E-state index is 6.14. The van der Waals surface area contributed by atoms with E-state index in [1.807, 2.05) is 16.9 Å². The summed E-state index contributed by atoms with van der Waals surface area (Å²) in [5.41, 5.74) is 6.26. The second-order valence-corrected chi connectivity index (χ2v) is 5.83. The number of hydrogen-bond donors (Lipinski definition) is 3. The summed E-state index contributed by atoms with van der Waals surface area (Å²) in [6.45, 7) is 9.25. The first-order chi connectivity index (χ1) is 7.98. The molecule has 1 fully saturated rings. The first kappa shape index (κ1) is 12.4. The van der Waals surface area contributed by atoms with Crippen LogP contribution in [-0.4, -0.2) is 35.5 Å². The first-order valence-corrected chi connectivity index (χ1v) is 6.22. The molecule has 0 aromatic carbocycles. The molecule has 1 aliphatic heterocycles. The van der Waals surface area contributed by atoms with E-state index in [9.17, 15) is 0 Å². The van der Waals surface area contributed by atoms with Crippen LogP contribution in [0.15, 0.2) is 12.3 Å². The second-order valence-electron chi connectivity index (χ2n) is 5.83. The predicted octanol–water partition coefficient (Wildman–Crippen LogP) is 0.813. The van der Waals surface area contributed by atoms with Gasteiger partial charge in [-0.1, -0.05) is 20.8 Å². The summed E-state index contributed by atoms with van der Waals surface area (Å²) in [4.78, 5) is 0. The van der Waals surface area contributed by atoms with Crippen molar-refractivity contribution in [3.05, 3.63) is 12.3 Å². The first-order valence-electron chi connectivity index (χ1n) is 6.22. The molecule has 5 heteroatoms. The molecule has 2 rings (SSSR count). The van der Waals surface area contributed by atoms with E-state index in [0.717, 1.165) is 25.5 Å². The Morgan fingerprint density at radius 1 is 1.59 bits per heavy atom. The highest BCUT2D eigenvalue weighted by Crippen LogP contribution is 2.20. The molecule has 1 atom stereocenters. The van der Waals surface area contributed by atoms with E-state index >= 15 is 0 Å². The molecule has 2 heterocycles. The number of hydrogen-bond acceptors (Lipinski definition) is 4. The highest BCUT2D eigenvalue weighted by atomic mass is 15.4. The molecule has 0 bridgehead atoms. The van der Waals surface area contributed by atoms with Crippen molar-refractivity contribution >= 4 is 5.82 Å². The zero-order valence-corrected chi connectivity index (χ0v) is 10.9. The fourth-order valence-corrected chi connectivity index (χ4v) is 1.71. The minimum Gasteiger partial charge on any atom is -0.369 e. The third kappa shape index (κ3) is 2.79. The number of nitrogens with two attached hydrogens (primary N) is 1. The summed E-state index contributed by atoms with van der Waals surface area (Å²) in [6, 6.07) is 2.62. The number of rotatable bonds is 4. The highest BCUT2D eigenvalue weighted by Gasteiger charge is 2.23. The van der Waals surface area contributed by atoms with E-state index in [2.05, 4.69) is 36.5 Å². The average Bonchev–Trinajstić information content (AvgIpc) is 2.58. The summed E-state index contributed by atoms with van der Waals surface area (Å²) in [5.74, 6) is 1.07. The lowest BCUT2D eigenvalue weighted by Crippen LogP contribution is -2.45. The van der Waals surface area contributed by atoms with Crippen molar-refractivity contribution in [1.82, 2.24) is 15.1 Å². The molecule has 0 saturated carbocycles. The van der Waals surface area contributed by atoms with E-state index in [1.54, 1.807) is 0 Å². The molecule has 0 aliphatic carbocycles. The quantitative estimate of drug-likeness (QED) is 0.725. The third-order valence-corrected chi connectivity index (χ3v) is 3.39. The van der Waals surface area contributed by atoms with Crippen LogP contribution in [0.3, 0.4) is 0 Å². The van der Waals surface area contributed by atoms with Crippen molar-refractivity contribution in [2.75, 3.05) is 25.0 Å². The van der Waals surface area contributed by atoms with Crippen LogP contribution in [0.4, 0.5) is 5.82 Å². The van der Waals surface area contributed by atoms with Crippen LogP contribution in [0.2, 0.25) is 0 Å². The van der Waals surface area contributed by atoms with Gasteiger partial charge in [0.15, 0.2) is 0 Å². The molecule has 17 heavy (non-hydrogen) atoms. The van der Waals surface area contributed by atoms with Gasteiger partial charge in [0, 0.05) is 31.7 Å². The van der Waals surface area contributed by atoms with Crippen molar-refractivity contribution < 1.29 is 0 Å². The van der Waals surface area contributed by atoms with Crippen LogP contribution < -0.4 is 16.4 Å².